The normalized spacial score (nSPS) is 19.2. The Kier molecular flexibility index (Phi) is 4.81. The third kappa shape index (κ3) is 3.44. The van der Waals surface area contributed by atoms with Gasteiger partial charge in [0.2, 0.25) is 0 Å². The molecule has 0 amide bonds. The van der Waals surface area contributed by atoms with E-state index in [-0.39, 0.29) is 17.8 Å². The number of hydrogen-bond donors (Lipinski definition) is 2. The second kappa shape index (κ2) is 7.86. The van der Waals surface area contributed by atoms with Gasteiger partial charge in [-0.2, -0.15) is 0 Å². The van der Waals surface area contributed by atoms with E-state index in [1.54, 1.807) is 12.1 Å². The maximum Gasteiger partial charge on any atom is 0.161 e. The third-order valence-corrected chi connectivity index (χ3v) is 6.92. The number of aromatic nitrogens is 3. The largest absolute Gasteiger partial charge is 0.391 e. The number of hydrogen-bond acceptors (Lipinski definition) is 4. The molecule has 7 heteroatoms. The Morgan fingerprint density at radius 1 is 1.06 bits per heavy atom. The second-order valence-corrected chi connectivity index (χ2v) is 8.99. The highest BCUT2D eigenvalue weighted by atomic mass is 19.1. The molecule has 2 aromatic carbocycles. The number of anilines is 1. The van der Waals surface area contributed by atoms with Crippen LogP contribution in [0.15, 0.2) is 67.1 Å². The van der Waals surface area contributed by atoms with E-state index in [2.05, 4.69) is 49.5 Å². The smallest absolute Gasteiger partial charge is 0.161 e. The van der Waals surface area contributed by atoms with E-state index in [4.69, 9.17) is 5.73 Å². The number of rotatable bonds is 4. The van der Waals surface area contributed by atoms with Gasteiger partial charge in [-0.05, 0) is 60.5 Å². The van der Waals surface area contributed by atoms with Crippen molar-refractivity contribution in [2.24, 2.45) is 11.7 Å². The molecule has 0 bridgehead atoms. The molecule has 2 aliphatic heterocycles. The molecule has 1 saturated heterocycles. The van der Waals surface area contributed by atoms with Crippen LogP contribution in [-0.2, 0) is 6.54 Å². The SMILES string of the molecule is NCCC1CN(c2ccc3c(c2)Cn2cc(-c4ccc(F)cc4)cc2-c2nccn2-3)C[C@@H]1O. The number of halogens is 1. The summed E-state index contributed by atoms with van der Waals surface area (Å²) in [5.74, 6) is 0.857. The molecule has 2 atom stereocenters. The van der Waals surface area contributed by atoms with Gasteiger partial charge < -0.3 is 20.3 Å². The molecule has 2 aromatic heterocycles. The van der Waals surface area contributed by atoms with Gasteiger partial charge >= 0.3 is 0 Å². The Morgan fingerprint density at radius 3 is 2.73 bits per heavy atom. The van der Waals surface area contributed by atoms with Crippen LogP contribution in [0.4, 0.5) is 10.1 Å². The zero-order valence-corrected chi connectivity index (χ0v) is 18.2. The summed E-state index contributed by atoms with van der Waals surface area (Å²) < 4.78 is 17.8. The van der Waals surface area contributed by atoms with Crippen LogP contribution in [0, 0.1) is 11.7 Å². The van der Waals surface area contributed by atoms with Crippen molar-refractivity contribution in [3.8, 4) is 28.3 Å². The first-order valence-electron chi connectivity index (χ1n) is 11.4. The van der Waals surface area contributed by atoms with Crippen molar-refractivity contribution >= 4 is 5.69 Å². The van der Waals surface area contributed by atoms with Crippen LogP contribution in [0.5, 0.6) is 0 Å². The lowest BCUT2D eigenvalue weighted by Crippen LogP contribution is -2.21. The number of benzene rings is 2. The molecule has 6 rings (SSSR count). The Bertz CT molecular complexity index is 1310. The Hall–Kier alpha value is -3.42. The van der Waals surface area contributed by atoms with E-state index in [9.17, 15) is 9.50 Å². The minimum atomic E-state index is -0.345. The fourth-order valence-corrected chi connectivity index (χ4v) is 5.19. The summed E-state index contributed by atoms with van der Waals surface area (Å²) in [6, 6.07) is 15.2. The summed E-state index contributed by atoms with van der Waals surface area (Å²) in [7, 11) is 0. The van der Waals surface area contributed by atoms with Crippen molar-refractivity contribution in [1.29, 1.82) is 0 Å². The van der Waals surface area contributed by atoms with Gasteiger partial charge in [0.25, 0.3) is 0 Å². The molecular weight excluding hydrogens is 417 g/mol. The van der Waals surface area contributed by atoms with Crippen LogP contribution in [-0.4, -0.2) is 45.0 Å². The van der Waals surface area contributed by atoms with Crippen LogP contribution in [0.25, 0.3) is 28.3 Å². The number of aliphatic hydroxyl groups is 1. The fourth-order valence-electron chi connectivity index (χ4n) is 5.19. The van der Waals surface area contributed by atoms with Gasteiger partial charge in [0.05, 0.1) is 17.5 Å². The molecule has 0 radical (unpaired) electrons. The molecule has 168 valence electrons. The molecule has 4 aromatic rings. The van der Waals surface area contributed by atoms with Crippen LogP contribution in [0.2, 0.25) is 0 Å². The second-order valence-electron chi connectivity index (χ2n) is 8.99. The van der Waals surface area contributed by atoms with Crippen molar-refractivity contribution < 1.29 is 9.50 Å². The van der Waals surface area contributed by atoms with E-state index in [1.807, 2.05) is 12.4 Å². The van der Waals surface area contributed by atoms with Gasteiger partial charge in [0.1, 0.15) is 5.82 Å². The predicted octanol–water partition coefficient (Wildman–Crippen LogP) is 3.65. The Morgan fingerprint density at radius 2 is 1.91 bits per heavy atom. The molecule has 33 heavy (non-hydrogen) atoms. The van der Waals surface area contributed by atoms with Crippen LogP contribution < -0.4 is 10.6 Å². The lowest BCUT2D eigenvalue weighted by molar-refractivity contribution is 0.145. The van der Waals surface area contributed by atoms with Gasteiger partial charge in [0.15, 0.2) is 5.82 Å². The quantitative estimate of drug-likeness (QED) is 0.445. The van der Waals surface area contributed by atoms with E-state index < -0.39 is 0 Å². The Balaban J connectivity index is 1.39. The molecule has 0 aliphatic carbocycles. The monoisotopic (exact) mass is 443 g/mol. The van der Waals surface area contributed by atoms with E-state index in [0.29, 0.717) is 19.6 Å². The predicted molar refractivity (Wildman–Crippen MR) is 127 cm³/mol. The van der Waals surface area contributed by atoms with Gasteiger partial charge in [0, 0.05) is 55.4 Å². The van der Waals surface area contributed by atoms with Gasteiger partial charge in [-0.15, -0.1) is 0 Å². The minimum Gasteiger partial charge on any atom is -0.391 e. The summed E-state index contributed by atoms with van der Waals surface area (Å²) in [6.45, 7) is 2.74. The van der Waals surface area contributed by atoms with Crippen LogP contribution >= 0.6 is 0 Å². The van der Waals surface area contributed by atoms with Crippen molar-refractivity contribution in [2.75, 3.05) is 24.5 Å². The highest BCUT2D eigenvalue weighted by Gasteiger charge is 2.31. The molecule has 2 aliphatic rings. The molecule has 0 spiro atoms. The molecule has 0 saturated carbocycles. The van der Waals surface area contributed by atoms with Crippen LogP contribution in [0.3, 0.4) is 0 Å². The van der Waals surface area contributed by atoms with E-state index in [1.165, 1.54) is 17.7 Å². The van der Waals surface area contributed by atoms with Crippen molar-refractivity contribution in [2.45, 2.75) is 19.1 Å². The number of nitrogens with zero attached hydrogens (tertiary/aromatic N) is 4. The number of imidazole rings is 1. The summed E-state index contributed by atoms with van der Waals surface area (Å²) >= 11 is 0. The number of aliphatic hydroxyl groups excluding tert-OH is 1. The minimum absolute atomic E-state index is 0.211. The Labute approximate surface area is 191 Å². The standard InChI is InChI=1S/C26H26FN5O/c27-21-3-1-17(2-4-21)19-12-24-26-29-9-10-32(26)23-6-5-22(11-20(23)15-31(24)14-19)30-13-18(7-8-28)25(33)16-30/h1-6,9-12,14,18,25,33H,7-8,13,15-16,28H2/t18?,25-/m0/s1. The highest BCUT2D eigenvalue weighted by Crippen LogP contribution is 2.36. The summed E-state index contributed by atoms with van der Waals surface area (Å²) in [5, 5.41) is 10.5. The third-order valence-electron chi connectivity index (χ3n) is 6.92. The topological polar surface area (TPSA) is 72.2 Å². The fraction of sp³-hybridized carbons (Fsp3) is 0.269. The molecule has 3 N–H and O–H groups in total. The molecule has 1 fully saturated rings. The average Bonchev–Trinajstić information content (AvgIpc) is 3.52. The van der Waals surface area contributed by atoms with E-state index >= 15 is 0 Å². The summed E-state index contributed by atoms with van der Waals surface area (Å²) in [4.78, 5) is 6.90. The van der Waals surface area contributed by atoms with Crippen molar-refractivity contribution in [1.82, 2.24) is 14.1 Å². The van der Waals surface area contributed by atoms with E-state index in [0.717, 1.165) is 47.0 Å². The van der Waals surface area contributed by atoms with Crippen molar-refractivity contribution in [3.63, 3.8) is 0 Å². The summed E-state index contributed by atoms with van der Waals surface area (Å²) in [5.41, 5.74) is 12.2. The zero-order chi connectivity index (χ0) is 22.5. The lowest BCUT2D eigenvalue weighted by Gasteiger charge is -2.21. The highest BCUT2D eigenvalue weighted by molar-refractivity contribution is 5.72. The number of fused-ring (bicyclic) bond motifs is 5. The van der Waals surface area contributed by atoms with Gasteiger partial charge in [-0.25, -0.2) is 9.37 Å². The van der Waals surface area contributed by atoms with Crippen molar-refractivity contribution in [3.05, 3.63) is 78.5 Å². The summed E-state index contributed by atoms with van der Waals surface area (Å²) in [6.07, 6.45) is 6.41. The first kappa shape index (κ1) is 20.2. The van der Waals surface area contributed by atoms with Gasteiger partial charge in [-0.3, -0.25) is 4.57 Å². The molecular formula is C26H26FN5O. The number of nitrogens with two attached hydrogens (primary N) is 1. The van der Waals surface area contributed by atoms with Crippen LogP contribution in [0.1, 0.15) is 12.0 Å². The molecule has 1 unspecified atom stereocenters. The first-order valence-corrected chi connectivity index (χ1v) is 11.4. The zero-order valence-electron chi connectivity index (χ0n) is 18.2. The maximum absolute atomic E-state index is 13.4. The first-order chi connectivity index (χ1) is 16.1. The molecule has 6 nitrogen and oxygen atoms in total. The number of β-amino-alcohol motifs (C(OH)–C–C–N with tert-alkyl or cyclic N) is 1. The average molecular weight is 444 g/mol. The molecule has 4 heterocycles. The lowest BCUT2D eigenvalue weighted by atomic mass is 10.0. The van der Waals surface area contributed by atoms with Gasteiger partial charge in [-0.1, -0.05) is 12.1 Å². The maximum atomic E-state index is 13.4.